The van der Waals surface area contributed by atoms with Crippen molar-refractivity contribution in [1.29, 1.82) is 0 Å². The maximum absolute atomic E-state index is 11.0. The number of carboxylic acids is 1. The summed E-state index contributed by atoms with van der Waals surface area (Å²) in [5.41, 5.74) is 3.24. The van der Waals surface area contributed by atoms with E-state index in [1.54, 1.807) is 0 Å². The van der Waals surface area contributed by atoms with Gasteiger partial charge in [0.25, 0.3) is 0 Å². The van der Waals surface area contributed by atoms with E-state index >= 15 is 0 Å². The summed E-state index contributed by atoms with van der Waals surface area (Å²) in [6, 6.07) is 18.3. The first kappa shape index (κ1) is 17.2. The van der Waals surface area contributed by atoms with Gasteiger partial charge in [0.05, 0.1) is 0 Å². The Hall–Kier alpha value is -2.59. The highest BCUT2D eigenvalue weighted by Gasteiger charge is 2.15. The van der Waals surface area contributed by atoms with E-state index in [-0.39, 0.29) is 12.5 Å². The van der Waals surface area contributed by atoms with Gasteiger partial charge in [-0.05, 0) is 31.4 Å². The quantitative estimate of drug-likeness (QED) is 0.643. The van der Waals surface area contributed by atoms with Crippen molar-refractivity contribution in [3.8, 4) is 0 Å². The lowest BCUT2D eigenvalue weighted by atomic mass is 10.0. The van der Waals surface area contributed by atoms with E-state index in [2.05, 4.69) is 23.5 Å². The molecule has 0 saturated carbocycles. The number of hydrogen-bond acceptors (Lipinski definition) is 3. The zero-order valence-corrected chi connectivity index (χ0v) is 14.4. The van der Waals surface area contributed by atoms with Crippen LogP contribution in [0.25, 0.3) is 11.0 Å². The van der Waals surface area contributed by atoms with Gasteiger partial charge in [-0.3, -0.25) is 4.79 Å². The molecule has 0 saturated heterocycles. The van der Waals surface area contributed by atoms with Gasteiger partial charge in [0.15, 0.2) is 0 Å². The molecular formula is C21H23NO3. The summed E-state index contributed by atoms with van der Waals surface area (Å²) in [5, 5.41) is 13.7. The van der Waals surface area contributed by atoms with Crippen LogP contribution < -0.4 is 5.32 Å². The molecule has 0 radical (unpaired) electrons. The SMILES string of the molecule is Cc1oc2ccccc2c1CNC(CCC(=O)O)Cc1ccccc1. The van der Waals surface area contributed by atoms with Crippen LogP contribution >= 0.6 is 0 Å². The van der Waals surface area contributed by atoms with Gasteiger partial charge in [0, 0.05) is 30.0 Å². The highest BCUT2D eigenvalue weighted by Crippen LogP contribution is 2.25. The lowest BCUT2D eigenvalue weighted by Gasteiger charge is -2.18. The molecule has 25 heavy (non-hydrogen) atoms. The lowest BCUT2D eigenvalue weighted by molar-refractivity contribution is -0.137. The molecule has 1 unspecified atom stereocenters. The zero-order chi connectivity index (χ0) is 17.6. The monoisotopic (exact) mass is 337 g/mol. The molecule has 1 atom stereocenters. The van der Waals surface area contributed by atoms with Crippen LogP contribution in [0, 0.1) is 6.92 Å². The van der Waals surface area contributed by atoms with E-state index in [1.165, 1.54) is 5.56 Å². The Morgan fingerprint density at radius 2 is 1.84 bits per heavy atom. The third-order valence-corrected chi connectivity index (χ3v) is 4.50. The first-order valence-electron chi connectivity index (χ1n) is 8.59. The molecule has 0 aliphatic carbocycles. The van der Waals surface area contributed by atoms with Gasteiger partial charge < -0.3 is 14.8 Å². The molecule has 4 nitrogen and oxygen atoms in total. The van der Waals surface area contributed by atoms with E-state index < -0.39 is 5.97 Å². The molecule has 4 heteroatoms. The Balaban J connectivity index is 1.72. The maximum atomic E-state index is 11.0. The van der Waals surface area contributed by atoms with Crippen LogP contribution in [-0.4, -0.2) is 17.1 Å². The number of carbonyl (C=O) groups is 1. The predicted octanol–water partition coefficient (Wildman–Crippen LogP) is 4.31. The minimum absolute atomic E-state index is 0.103. The molecule has 130 valence electrons. The smallest absolute Gasteiger partial charge is 0.303 e. The molecule has 0 aliphatic heterocycles. The fourth-order valence-electron chi connectivity index (χ4n) is 3.16. The number of carboxylic acid groups (broad SMARTS) is 1. The Labute approximate surface area is 147 Å². The van der Waals surface area contributed by atoms with Gasteiger partial charge in [-0.25, -0.2) is 0 Å². The lowest BCUT2D eigenvalue weighted by Crippen LogP contribution is -2.31. The third kappa shape index (κ3) is 4.48. The van der Waals surface area contributed by atoms with Gasteiger partial charge in [-0.1, -0.05) is 48.5 Å². The number of fused-ring (bicyclic) bond motifs is 1. The fraction of sp³-hybridized carbons (Fsp3) is 0.286. The molecule has 0 bridgehead atoms. The summed E-state index contributed by atoms with van der Waals surface area (Å²) in [4.78, 5) is 11.0. The van der Waals surface area contributed by atoms with Crippen LogP contribution in [0.5, 0.6) is 0 Å². The van der Waals surface area contributed by atoms with Gasteiger partial charge in [0.1, 0.15) is 11.3 Å². The molecule has 0 fully saturated rings. The molecular weight excluding hydrogens is 314 g/mol. The largest absolute Gasteiger partial charge is 0.481 e. The number of furan rings is 1. The first-order chi connectivity index (χ1) is 12.1. The normalized spacial score (nSPS) is 12.4. The number of hydrogen-bond donors (Lipinski definition) is 2. The third-order valence-electron chi connectivity index (χ3n) is 4.50. The summed E-state index contributed by atoms with van der Waals surface area (Å²) in [7, 11) is 0. The first-order valence-corrected chi connectivity index (χ1v) is 8.59. The molecule has 0 amide bonds. The van der Waals surface area contributed by atoms with Gasteiger partial charge in [-0.2, -0.15) is 0 Å². The van der Waals surface area contributed by atoms with Gasteiger partial charge >= 0.3 is 5.97 Å². The second-order valence-electron chi connectivity index (χ2n) is 6.33. The predicted molar refractivity (Wildman–Crippen MR) is 98.6 cm³/mol. The number of rotatable bonds is 8. The van der Waals surface area contributed by atoms with E-state index in [0.717, 1.165) is 28.7 Å². The zero-order valence-electron chi connectivity index (χ0n) is 14.4. The second kappa shape index (κ2) is 7.99. The number of aliphatic carboxylic acids is 1. The average molecular weight is 337 g/mol. The van der Waals surface area contributed by atoms with Crippen molar-refractivity contribution in [3.05, 3.63) is 71.5 Å². The van der Waals surface area contributed by atoms with E-state index in [4.69, 9.17) is 9.52 Å². The van der Waals surface area contributed by atoms with Crippen molar-refractivity contribution in [1.82, 2.24) is 5.32 Å². The molecule has 0 spiro atoms. The minimum atomic E-state index is -0.759. The molecule has 1 aromatic heterocycles. The Kier molecular flexibility index (Phi) is 5.51. The number of aryl methyl sites for hydroxylation is 1. The second-order valence-corrected chi connectivity index (χ2v) is 6.33. The average Bonchev–Trinajstić information content (AvgIpc) is 2.93. The number of para-hydroxylation sites is 1. The summed E-state index contributed by atoms with van der Waals surface area (Å²) in [6.45, 7) is 2.64. The Morgan fingerprint density at radius 1 is 1.12 bits per heavy atom. The van der Waals surface area contributed by atoms with Crippen LogP contribution in [0.2, 0.25) is 0 Å². The number of nitrogens with one attached hydrogen (secondary N) is 1. The summed E-state index contributed by atoms with van der Waals surface area (Å²) < 4.78 is 5.81. The minimum Gasteiger partial charge on any atom is -0.481 e. The van der Waals surface area contributed by atoms with Crippen molar-refractivity contribution in [2.45, 2.75) is 38.8 Å². The summed E-state index contributed by atoms with van der Waals surface area (Å²) in [5.74, 6) is 0.148. The van der Waals surface area contributed by atoms with Crippen LogP contribution in [0.15, 0.2) is 59.0 Å². The highest BCUT2D eigenvalue weighted by molar-refractivity contribution is 5.82. The molecule has 3 aromatic rings. The van der Waals surface area contributed by atoms with Crippen molar-refractivity contribution >= 4 is 16.9 Å². The van der Waals surface area contributed by atoms with Crippen molar-refractivity contribution in [2.24, 2.45) is 0 Å². The van der Waals surface area contributed by atoms with Crippen LogP contribution in [-0.2, 0) is 17.8 Å². The number of benzene rings is 2. The molecule has 3 rings (SSSR count). The molecule has 2 N–H and O–H groups in total. The van der Waals surface area contributed by atoms with Crippen LogP contribution in [0.1, 0.15) is 29.7 Å². The van der Waals surface area contributed by atoms with Crippen molar-refractivity contribution < 1.29 is 14.3 Å². The van der Waals surface area contributed by atoms with E-state index in [9.17, 15) is 4.79 Å². The Bertz CT molecular complexity index is 839. The highest BCUT2D eigenvalue weighted by atomic mass is 16.4. The van der Waals surface area contributed by atoms with Gasteiger partial charge in [-0.15, -0.1) is 0 Å². The molecule has 1 heterocycles. The summed E-state index contributed by atoms with van der Waals surface area (Å²) >= 11 is 0. The van der Waals surface area contributed by atoms with E-state index in [0.29, 0.717) is 13.0 Å². The topological polar surface area (TPSA) is 62.5 Å². The molecule has 0 aliphatic rings. The van der Waals surface area contributed by atoms with E-state index in [1.807, 2.05) is 43.3 Å². The standard InChI is InChI=1S/C21H23NO3/c1-15-19(18-9-5-6-10-20(18)25-15)14-22-17(11-12-21(23)24)13-16-7-3-2-4-8-16/h2-10,17,22H,11-14H2,1H3,(H,23,24). The maximum Gasteiger partial charge on any atom is 0.303 e. The molecule has 2 aromatic carbocycles. The summed E-state index contributed by atoms with van der Waals surface area (Å²) in [6.07, 6.45) is 1.57. The van der Waals surface area contributed by atoms with Crippen molar-refractivity contribution in [2.75, 3.05) is 0 Å². The van der Waals surface area contributed by atoms with Crippen LogP contribution in [0.3, 0.4) is 0 Å². The Morgan fingerprint density at radius 3 is 2.60 bits per heavy atom. The van der Waals surface area contributed by atoms with Crippen LogP contribution in [0.4, 0.5) is 0 Å². The van der Waals surface area contributed by atoms with Gasteiger partial charge in [0.2, 0.25) is 0 Å². The van der Waals surface area contributed by atoms with Crippen molar-refractivity contribution in [3.63, 3.8) is 0 Å². The fourth-order valence-corrected chi connectivity index (χ4v) is 3.16.